The van der Waals surface area contributed by atoms with Crippen LogP contribution in [0.15, 0.2) is 35.2 Å². The van der Waals surface area contributed by atoms with Crippen LogP contribution in [-0.2, 0) is 12.6 Å². The standard InChI is InChI=1S/C11H10F3N3O/c12-11(13,14)8-3-1-2-4-9(8)15-6-5-10-16-7-18-17-10/h1-4,7,15H,5-6H2. The van der Waals surface area contributed by atoms with Crippen LogP contribution in [0, 0.1) is 0 Å². The molecule has 1 N–H and O–H groups in total. The van der Waals surface area contributed by atoms with Crippen LogP contribution >= 0.6 is 0 Å². The molecule has 0 amide bonds. The number of hydrogen-bond acceptors (Lipinski definition) is 4. The monoisotopic (exact) mass is 257 g/mol. The van der Waals surface area contributed by atoms with E-state index < -0.39 is 11.7 Å². The van der Waals surface area contributed by atoms with E-state index >= 15 is 0 Å². The second-order valence-electron chi connectivity index (χ2n) is 3.57. The third-order valence-corrected chi connectivity index (χ3v) is 2.30. The molecule has 0 atom stereocenters. The van der Waals surface area contributed by atoms with Crippen molar-refractivity contribution in [2.45, 2.75) is 12.6 Å². The third-order valence-electron chi connectivity index (χ3n) is 2.30. The first kappa shape index (κ1) is 12.4. The van der Waals surface area contributed by atoms with Crippen molar-refractivity contribution in [3.05, 3.63) is 42.0 Å². The lowest BCUT2D eigenvalue weighted by atomic mass is 10.1. The summed E-state index contributed by atoms with van der Waals surface area (Å²) in [7, 11) is 0. The molecular formula is C11H10F3N3O. The fourth-order valence-electron chi connectivity index (χ4n) is 1.50. The molecule has 0 aliphatic rings. The quantitative estimate of drug-likeness (QED) is 0.915. The van der Waals surface area contributed by atoms with E-state index in [1.807, 2.05) is 0 Å². The topological polar surface area (TPSA) is 51.0 Å². The zero-order valence-corrected chi connectivity index (χ0v) is 9.24. The van der Waals surface area contributed by atoms with E-state index in [1.54, 1.807) is 6.07 Å². The van der Waals surface area contributed by atoms with Gasteiger partial charge in [0, 0.05) is 18.7 Å². The smallest absolute Gasteiger partial charge is 0.384 e. The van der Waals surface area contributed by atoms with E-state index in [1.165, 1.54) is 18.5 Å². The molecule has 18 heavy (non-hydrogen) atoms. The number of alkyl halides is 3. The van der Waals surface area contributed by atoms with Crippen molar-refractivity contribution in [1.82, 2.24) is 10.1 Å². The molecule has 0 radical (unpaired) electrons. The molecule has 0 bridgehead atoms. The van der Waals surface area contributed by atoms with Gasteiger partial charge in [0.15, 0.2) is 5.82 Å². The predicted octanol–water partition coefficient (Wildman–Crippen LogP) is 2.74. The summed E-state index contributed by atoms with van der Waals surface area (Å²) in [6.07, 6.45) is -2.79. The molecule has 0 unspecified atom stereocenters. The number of rotatable bonds is 4. The van der Waals surface area contributed by atoms with Gasteiger partial charge in [0.2, 0.25) is 6.39 Å². The summed E-state index contributed by atoms with van der Waals surface area (Å²) in [5.41, 5.74) is -0.633. The number of aromatic nitrogens is 2. The Morgan fingerprint density at radius 1 is 1.22 bits per heavy atom. The Bertz CT molecular complexity index is 496. The Hall–Kier alpha value is -2.05. The molecule has 1 aromatic carbocycles. The second-order valence-corrected chi connectivity index (χ2v) is 3.57. The van der Waals surface area contributed by atoms with Crippen molar-refractivity contribution in [2.75, 3.05) is 11.9 Å². The van der Waals surface area contributed by atoms with E-state index in [9.17, 15) is 13.2 Å². The molecule has 2 rings (SSSR count). The van der Waals surface area contributed by atoms with Crippen LogP contribution in [0.3, 0.4) is 0 Å². The largest absolute Gasteiger partial charge is 0.418 e. The summed E-state index contributed by atoms with van der Waals surface area (Å²) in [5.74, 6) is 0.451. The molecule has 4 nitrogen and oxygen atoms in total. The first-order chi connectivity index (χ1) is 8.57. The summed E-state index contributed by atoms with van der Waals surface area (Å²) >= 11 is 0. The van der Waals surface area contributed by atoms with Crippen molar-refractivity contribution in [2.24, 2.45) is 0 Å². The maximum absolute atomic E-state index is 12.7. The zero-order valence-electron chi connectivity index (χ0n) is 9.24. The van der Waals surface area contributed by atoms with E-state index in [0.717, 1.165) is 6.07 Å². The molecule has 0 fully saturated rings. The molecule has 0 spiro atoms. The van der Waals surface area contributed by atoms with Crippen LogP contribution in [0.5, 0.6) is 0 Å². The molecule has 0 saturated heterocycles. The summed E-state index contributed by atoms with van der Waals surface area (Å²) in [6.45, 7) is 0.298. The lowest BCUT2D eigenvalue weighted by Gasteiger charge is -2.13. The van der Waals surface area contributed by atoms with Crippen LogP contribution < -0.4 is 5.32 Å². The van der Waals surface area contributed by atoms with Crippen LogP contribution in [0.4, 0.5) is 18.9 Å². The summed E-state index contributed by atoms with van der Waals surface area (Å²) in [4.78, 5) is 3.78. The molecule has 1 aromatic heterocycles. The number of halogens is 3. The maximum atomic E-state index is 12.7. The first-order valence-electron chi connectivity index (χ1n) is 5.23. The van der Waals surface area contributed by atoms with Gasteiger partial charge in [-0.25, -0.2) is 0 Å². The average molecular weight is 257 g/mol. The lowest BCUT2D eigenvalue weighted by molar-refractivity contribution is -0.136. The van der Waals surface area contributed by atoms with Gasteiger partial charge in [-0.15, -0.1) is 0 Å². The number of anilines is 1. The van der Waals surface area contributed by atoms with Gasteiger partial charge in [-0.1, -0.05) is 17.3 Å². The van der Waals surface area contributed by atoms with Crippen molar-refractivity contribution >= 4 is 5.69 Å². The van der Waals surface area contributed by atoms with Gasteiger partial charge in [-0.2, -0.15) is 18.2 Å². The highest BCUT2D eigenvalue weighted by Crippen LogP contribution is 2.34. The maximum Gasteiger partial charge on any atom is 0.418 e. The van der Waals surface area contributed by atoms with E-state index in [2.05, 4.69) is 20.0 Å². The normalized spacial score (nSPS) is 11.5. The Kier molecular flexibility index (Phi) is 3.50. The number of nitrogens with one attached hydrogen (secondary N) is 1. The third kappa shape index (κ3) is 2.99. The molecular weight excluding hydrogens is 247 g/mol. The van der Waals surface area contributed by atoms with Crippen LogP contribution in [-0.4, -0.2) is 16.7 Å². The predicted molar refractivity (Wildman–Crippen MR) is 57.9 cm³/mol. The highest BCUT2D eigenvalue weighted by atomic mass is 19.4. The van der Waals surface area contributed by atoms with Crippen LogP contribution in [0.25, 0.3) is 0 Å². The first-order valence-corrected chi connectivity index (χ1v) is 5.23. The Morgan fingerprint density at radius 3 is 2.67 bits per heavy atom. The molecule has 0 saturated carbocycles. The molecule has 0 aliphatic carbocycles. The highest BCUT2D eigenvalue weighted by molar-refractivity contribution is 5.52. The summed E-state index contributed by atoms with van der Waals surface area (Å²) in [6, 6.07) is 5.33. The van der Waals surface area contributed by atoms with Gasteiger partial charge >= 0.3 is 6.18 Å². The van der Waals surface area contributed by atoms with Gasteiger partial charge in [0.25, 0.3) is 0 Å². The fraction of sp³-hybridized carbons (Fsp3) is 0.273. The summed E-state index contributed by atoms with van der Waals surface area (Å²) in [5, 5.41) is 6.29. The molecule has 0 aliphatic heterocycles. The molecule has 7 heteroatoms. The minimum atomic E-state index is -4.37. The van der Waals surface area contributed by atoms with Gasteiger partial charge in [0.05, 0.1) is 5.56 Å². The van der Waals surface area contributed by atoms with Gasteiger partial charge in [0.1, 0.15) is 0 Å². The Morgan fingerprint density at radius 2 is 2.00 bits per heavy atom. The lowest BCUT2D eigenvalue weighted by Crippen LogP contribution is -2.12. The van der Waals surface area contributed by atoms with Gasteiger partial charge in [-0.3, -0.25) is 0 Å². The zero-order chi connectivity index (χ0) is 13.0. The van der Waals surface area contributed by atoms with Gasteiger partial charge in [-0.05, 0) is 12.1 Å². The molecule has 96 valence electrons. The minimum absolute atomic E-state index is 0.0495. The van der Waals surface area contributed by atoms with E-state index in [-0.39, 0.29) is 5.69 Å². The average Bonchev–Trinajstić information content (AvgIpc) is 2.81. The van der Waals surface area contributed by atoms with Crippen molar-refractivity contribution in [3.63, 3.8) is 0 Å². The number of hydrogen-bond donors (Lipinski definition) is 1. The van der Waals surface area contributed by atoms with Crippen LogP contribution in [0.1, 0.15) is 11.4 Å². The molecule has 1 heterocycles. The van der Waals surface area contributed by atoms with Crippen molar-refractivity contribution < 1.29 is 17.7 Å². The number of nitrogens with zero attached hydrogens (tertiary/aromatic N) is 2. The van der Waals surface area contributed by atoms with Crippen molar-refractivity contribution in [3.8, 4) is 0 Å². The Balaban J connectivity index is 2.01. The number of benzene rings is 1. The Labute approximate surface area is 101 Å². The van der Waals surface area contributed by atoms with E-state index in [0.29, 0.717) is 18.8 Å². The van der Waals surface area contributed by atoms with Crippen LogP contribution in [0.2, 0.25) is 0 Å². The van der Waals surface area contributed by atoms with Crippen molar-refractivity contribution in [1.29, 1.82) is 0 Å². The molecule has 2 aromatic rings. The summed E-state index contributed by atoms with van der Waals surface area (Å²) < 4.78 is 42.5. The van der Waals surface area contributed by atoms with E-state index in [4.69, 9.17) is 0 Å². The number of para-hydroxylation sites is 1. The second kappa shape index (κ2) is 5.07. The minimum Gasteiger partial charge on any atom is -0.384 e. The highest BCUT2D eigenvalue weighted by Gasteiger charge is 2.32. The van der Waals surface area contributed by atoms with Gasteiger partial charge < -0.3 is 9.84 Å². The SMILES string of the molecule is FC(F)(F)c1ccccc1NCCc1ncon1. The fourth-order valence-corrected chi connectivity index (χ4v) is 1.50.